The summed E-state index contributed by atoms with van der Waals surface area (Å²) in [4.78, 5) is 25.4. The first-order valence-corrected chi connectivity index (χ1v) is 7.21. The minimum atomic E-state index is -0.443. The van der Waals surface area contributed by atoms with E-state index in [0.717, 1.165) is 5.56 Å². The third-order valence-corrected chi connectivity index (χ3v) is 3.72. The molecule has 0 radical (unpaired) electrons. The largest absolute Gasteiger partial charge is 0.445 e. The van der Waals surface area contributed by atoms with Crippen molar-refractivity contribution in [2.45, 2.75) is 26.0 Å². The number of Topliss-reactive ketones (excluding diaryl/α,β-unsaturated/α-hetero) is 1. The first-order chi connectivity index (χ1) is 9.61. The molecule has 1 aromatic carbocycles. The summed E-state index contributed by atoms with van der Waals surface area (Å²) < 4.78 is 5.28. The van der Waals surface area contributed by atoms with Crippen LogP contribution in [0, 0.1) is 5.92 Å². The molecule has 0 aliphatic carbocycles. The van der Waals surface area contributed by atoms with E-state index in [-0.39, 0.29) is 24.2 Å². The van der Waals surface area contributed by atoms with Gasteiger partial charge in [0.15, 0.2) is 5.78 Å². The van der Waals surface area contributed by atoms with Crippen molar-refractivity contribution in [2.24, 2.45) is 5.92 Å². The Kier molecular flexibility index (Phi) is 5.01. The van der Waals surface area contributed by atoms with E-state index in [0.29, 0.717) is 13.0 Å². The van der Waals surface area contributed by atoms with Crippen LogP contribution in [0.25, 0.3) is 0 Å². The summed E-state index contributed by atoms with van der Waals surface area (Å²) >= 11 is 5.59. The predicted octanol–water partition coefficient (Wildman–Crippen LogP) is 2.84. The first kappa shape index (κ1) is 14.9. The lowest BCUT2D eigenvalue weighted by Crippen LogP contribution is -2.41. The van der Waals surface area contributed by atoms with Crippen molar-refractivity contribution < 1.29 is 14.3 Å². The Labute approximate surface area is 123 Å². The van der Waals surface area contributed by atoms with Gasteiger partial charge in [0.25, 0.3) is 0 Å². The molecular weight excluding hydrogens is 278 g/mol. The normalized spacial score (nSPS) is 21.8. The Morgan fingerprint density at radius 2 is 2.05 bits per heavy atom. The number of likely N-dealkylation sites (tertiary alicyclic amines) is 1. The van der Waals surface area contributed by atoms with Gasteiger partial charge in [0.2, 0.25) is 0 Å². The van der Waals surface area contributed by atoms with Crippen molar-refractivity contribution >= 4 is 23.5 Å². The van der Waals surface area contributed by atoms with E-state index < -0.39 is 12.1 Å². The van der Waals surface area contributed by atoms with E-state index in [1.54, 1.807) is 0 Å². The lowest BCUT2D eigenvalue weighted by Gasteiger charge is -2.22. The second kappa shape index (κ2) is 6.75. The molecule has 108 valence electrons. The van der Waals surface area contributed by atoms with Gasteiger partial charge in [0.1, 0.15) is 6.61 Å². The fourth-order valence-corrected chi connectivity index (χ4v) is 2.62. The minimum Gasteiger partial charge on any atom is -0.445 e. The third kappa shape index (κ3) is 3.51. The average molecular weight is 296 g/mol. The number of ether oxygens (including phenoxy) is 1. The molecule has 1 fully saturated rings. The van der Waals surface area contributed by atoms with Gasteiger partial charge in [-0.15, -0.1) is 11.6 Å². The summed E-state index contributed by atoms with van der Waals surface area (Å²) in [5.41, 5.74) is 0.924. The number of carbonyl (C=O) groups is 2. The third-order valence-electron chi connectivity index (χ3n) is 3.45. The van der Waals surface area contributed by atoms with Crippen molar-refractivity contribution in [2.75, 3.05) is 12.4 Å². The monoisotopic (exact) mass is 295 g/mol. The number of benzene rings is 1. The summed E-state index contributed by atoms with van der Waals surface area (Å²) in [6, 6.07) is 9.03. The van der Waals surface area contributed by atoms with Crippen molar-refractivity contribution in [1.82, 2.24) is 4.90 Å². The van der Waals surface area contributed by atoms with Gasteiger partial charge in [-0.25, -0.2) is 4.79 Å². The maximum absolute atomic E-state index is 12.1. The number of hydrogen-bond acceptors (Lipinski definition) is 3. The van der Waals surface area contributed by atoms with Gasteiger partial charge < -0.3 is 4.74 Å². The number of hydrogen-bond donors (Lipinski definition) is 0. The SMILES string of the molecule is C[C@@H]1C[C@H](C(=O)CCl)N(C(=O)OCc2ccccc2)C1. The number of halogens is 1. The Morgan fingerprint density at radius 1 is 1.35 bits per heavy atom. The van der Waals surface area contributed by atoms with Gasteiger partial charge in [-0.2, -0.15) is 0 Å². The van der Waals surface area contributed by atoms with E-state index in [9.17, 15) is 9.59 Å². The standard InChI is InChI=1S/C15H18ClNO3/c1-11-7-13(14(18)8-16)17(9-11)15(19)20-10-12-5-3-2-4-6-12/h2-6,11,13H,7-10H2,1H3/t11-,13-/m1/s1. The van der Waals surface area contributed by atoms with Crippen molar-refractivity contribution in [1.29, 1.82) is 0 Å². The molecule has 1 saturated heterocycles. The van der Waals surface area contributed by atoms with Crippen LogP contribution in [0.3, 0.4) is 0 Å². The average Bonchev–Trinajstić information content (AvgIpc) is 2.87. The highest BCUT2D eigenvalue weighted by molar-refractivity contribution is 6.28. The lowest BCUT2D eigenvalue weighted by atomic mass is 10.1. The van der Waals surface area contributed by atoms with Gasteiger partial charge in [0, 0.05) is 6.54 Å². The molecule has 1 aliphatic rings. The van der Waals surface area contributed by atoms with Gasteiger partial charge in [-0.3, -0.25) is 9.69 Å². The van der Waals surface area contributed by atoms with Crippen LogP contribution in [0.5, 0.6) is 0 Å². The number of nitrogens with zero attached hydrogens (tertiary/aromatic N) is 1. The molecule has 4 nitrogen and oxygen atoms in total. The molecule has 0 aromatic heterocycles. The van der Waals surface area contributed by atoms with Crippen LogP contribution in [0.15, 0.2) is 30.3 Å². The van der Waals surface area contributed by atoms with E-state index in [4.69, 9.17) is 16.3 Å². The van der Waals surface area contributed by atoms with Crippen LogP contribution in [0.1, 0.15) is 18.9 Å². The van der Waals surface area contributed by atoms with Gasteiger partial charge in [-0.05, 0) is 17.9 Å². The molecule has 0 N–H and O–H groups in total. The van der Waals surface area contributed by atoms with E-state index in [1.807, 2.05) is 37.3 Å². The lowest BCUT2D eigenvalue weighted by molar-refractivity contribution is -0.120. The van der Waals surface area contributed by atoms with Crippen LogP contribution < -0.4 is 0 Å². The van der Waals surface area contributed by atoms with Gasteiger partial charge in [0.05, 0.1) is 11.9 Å². The van der Waals surface area contributed by atoms with Crippen LogP contribution in [-0.2, 0) is 16.1 Å². The number of amides is 1. The second-order valence-electron chi connectivity index (χ2n) is 5.15. The second-order valence-corrected chi connectivity index (χ2v) is 5.42. The zero-order chi connectivity index (χ0) is 14.5. The zero-order valence-electron chi connectivity index (χ0n) is 11.4. The fraction of sp³-hybridized carbons (Fsp3) is 0.467. The maximum atomic E-state index is 12.1. The molecule has 2 rings (SSSR count). The molecule has 20 heavy (non-hydrogen) atoms. The summed E-state index contributed by atoms with van der Waals surface area (Å²) in [6.45, 7) is 2.77. The fourth-order valence-electron chi connectivity index (χ4n) is 2.44. The predicted molar refractivity (Wildman–Crippen MR) is 76.6 cm³/mol. The van der Waals surface area contributed by atoms with Crippen molar-refractivity contribution in [3.63, 3.8) is 0 Å². The maximum Gasteiger partial charge on any atom is 0.410 e. The molecule has 1 aromatic rings. The molecule has 0 bridgehead atoms. The summed E-state index contributed by atoms with van der Waals surface area (Å²) in [5, 5.41) is 0. The highest BCUT2D eigenvalue weighted by Gasteiger charge is 2.37. The smallest absolute Gasteiger partial charge is 0.410 e. The summed E-state index contributed by atoms with van der Waals surface area (Å²) in [7, 11) is 0. The Morgan fingerprint density at radius 3 is 2.70 bits per heavy atom. The molecule has 0 saturated carbocycles. The zero-order valence-corrected chi connectivity index (χ0v) is 12.2. The number of carbonyl (C=O) groups excluding carboxylic acids is 2. The topological polar surface area (TPSA) is 46.6 Å². The summed E-state index contributed by atoms with van der Waals surface area (Å²) in [5.74, 6) is 0.101. The Hall–Kier alpha value is -1.55. The molecule has 1 amide bonds. The number of ketones is 1. The molecule has 1 heterocycles. The molecule has 5 heteroatoms. The van der Waals surface area contributed by atoms with Crippen molar-refractivity contribution in [3.05, 3.63) is 35.9 Å². The van der Waals surface area contributed by atoms with Gasteiger partial charge >= 0.3 is 6.09 Å². The van der Waals surface area contributed by atoms with Crippen LogP contribution in [0.2, 0.25) is 0 Å². The minimum absolute atomic E-state index is 0.0696. The van der Waals surface area contributed by atoms with Crippen molar-refractivity contribution in [3.8, 4) is 0 Å². The number of rotatable bonds is 4. The van der Waals surface area contributed by atoms with Crippen LogP contribution in [0.4, 0.5) is 4.79 Å². The van der Waals surface area contributed by atoms with Gasteiger partial charge in [-0.1, -0.05) is 37.3 Å². The van der Waals surface area contributed by atoms with Crippen LogP contribution >= 0.6 is 11.6 Å². The van der Waals surface area contributed by atoms with E-state index >= 15 is 0 Å². The molecule has 0 spiro atoms. The highest BCUT2D eigenvalue weighted by atomic mass is 35.5. The highest BCUT2D eigenvalue weighted by Crippen LogP contribution is 2.24. The summed E-state index contributed by atoms with van der Waals surface area (Å²) in [6.07, 6.45) is 0.216. The van der Waals surface area contributed by atoms with Crippen LogP contribution in [-0.4, -0.2) is 35.2 Å². The quantitative estimate of drug-likeness (QED) is 0.803. The molecule has 2 atom stereocenters. The van der Waals surface area contributed by atoms with E-state index in [2.05, 4.69) is 0 Å². The Bertz CT molecular complexity index is 477. The molecule has 0 unspecified atom stereocenters. The Balaban J connectivity index is 1.95. The van der Waals surface area contributed by atoms with E-state index in [1.165, 1.54) is 4.90 Å². The number of alkyl halides is 1. The molecule has 1 aliphatic heterocycles. The first-order valence-electron chi connectivity index (χ1n) is 6.67. The molecular formula is C15H18ClNO3.